The fourth-order valence-electron chi connectivity index (χ4n) is 6.81. The molecule has 0 aliphatic carbocycles. The Hall–Kier alpha value is -5.88. The molecule has 3 aromatic heterocycles. The van der Waals surface area contributed by atoms with Crippen molar-refractivity contribution in [3.05, 3.63) is 144 Å². The van der Waals surface area contributed by atoms with Gasteiger partial charge in [-0.2, -0.15) is 11.3 Å². The molecule has 9 aromatic rings. The molecule has 0 saturated heterocycles. The third kappa shape index (κ3) is 3.17. The zero-order chi connectivity index (χ0) is 28.7. The zero-order valence-corrected chi connectivity index (χ0v) is 23.6. The molecule has 0 spiro atoms. The normalized spacial score (nSPS) is 11.7. The minimum atomic E-state index is 0.613. The molecule has 6 aromatic carbocycles. The predicted octanol–water partition coefficient (Wildman–Crippen LogP) is 11.4. The van der Waals surface area contributed by atoms with E-state index in [4.69, 9.17) is 13.1 Å². The highest BCUT2D eigenvalue weighted by Gasteiger charge is 2.21. The van der Waals surface area contributed by atoms with Crippen LogP contribution in [0.3, 0.4) is 0 Å². The van der Waals surface area contributed by atoms with Crippen molar-refractivity contribution in [2.45, 2.75) is 0 Å². The summed E-state index contributed by atoms with van der Waals surface area (Å²) in [6, 6.07) is 42.2. The van der Waals surface area contributed by atoms with Gasteiger partial charge in [-0.1, -0.05) is 78.9 Å². The summed E-state index contributed by atoms with van der Waals surface area (Å²) in [5.74, 6) is 0. The van der Waals surface area contributed by atoms with E-state index in [0.29, 0.717) is 11.4 Å². The van der Waals surface area contributed by atoms with Crippen molar-refractivity contribution in [2.24, 2.45) is 0 Å². The van der Waals surface area contributed by atoms with Crippen LogP contribution in [0.1, 0.15) is 0 Å². The van der Waals surface area contributed by atoms with E-state index >= 15 is 0 Å². The van der Waals surface area contributed by atoms with Crippen LogP contribution in [0.25, 0.3) is 84.8 Å². The molecule has 0 bridgehead atoms. The lowest BCUT2D eigenvalue weighted by molar-refractivity contribution is 1.13. The van der Waals surface area contributed by atoms with E-state index in [2.05, 4.69) is 122 Å². The highest BCUT2D eigenvalue weighted by atomic mass is 32.1. The number of para-hydroxylation sites is 3. The molecular weight excluding hydrogens is 545 g/mol. The lowest BCUT2D eigenvalue weighted by atomic mass is 10.0. The van der Waals surface area contributed by atoms with E-state index in [0.717, 1.165) is 53.4 Å². The van der Waals surface area contributed by atoms with E-state index in [9.17, 15) is 0 Å². The first-order chi connectivity index (χ1) is 21.3. The lowest BCUT2D eigenvalue weighted by Gasteiger charge is -2.13. The molecule has 5 heteroatoms. The maximum absolute atomic E-state index is 8.12. The van der Waals surface area contributed by atoms with Gasteiger partial charge in [0, 0.05) is 47.8 Å². The van der Waals surface area contributed by atoms with Crippen molar-refractivity contribution in [2.75, 3.05) is 0 Å². The Balaban J connectivity index is 1.41. The topological polar surface area (TPSA) is 18.6 Å². The molecule has 3 heterocycles. The largest absolute Gasteiger partial charge is 0.310 e. The summed E-state index contributed by atoms with van der Waals surface area (Å²) < 4.78 is 6.51. The Labute approximate surface area is 250 Å². The molecule has 4 nitrogen and oxygen atoms in total. The second kappa shape index (κ2) is 8.81. The summed E-state index contributed by atoms with van der Waals surface area (Å²) in [5.41, 5.74) is 7.76. The second-order valence-corrected chi connectivity index (χ2v) is 11.7. The van der Waals surface area contributed by atoms with Gasteiger partial charge in [-0.3, -0.25) is 0 Å². The van der Waals surface area contributed by atoms with Crippen LogP contribution < -0.4 is 0 Å². The predicted molar refractivity (Wildman–Crippen MR) is 181 cm³/mol. The minimum absolute atomic E-state index is 0.613. The Bertz CT molecular complexity index is 2650. The molecular formula is C38H20N4S. The van der Waals surface area contributed by atoms with Crippen LogP contribution in [-0.4, -0.2) is 9.13 Å². The first kappa shape index (κ1) is 23.8. The van der Waals surface area contributed by atoms with Crippen molar-refractivity contribution in [1.82, 2.24) is 9.13 Å². The van der Waals surface area contributed by atoms with Crippen molar-refractivity contribution >= 4 is 86.5 Å². The van der Waals surface area contributed by atoms with Gasteiger partial charge in [-0.05, 0) is 53.2 Å². The van der Waals surface area contributed by atoms with Gasteiger partial charge in [-0.25, -0.2) is 9.69 Å². The Kier molecular flexibility index (Phi) is 4.87. The molecule has 0 fully saturated rings. The lowest BCUT2D eigenvalue weighted by Crippen LogP contribution is -1.98. The quantitative estimate of drug-likeness (QED) is 0.186. The number of rotatable bonds is 2. The molecule has 0 aliphatic heterocycles. The molecule has 0 unspecified atom stereocenters. The average molecular weight is 565 g/mol. The van der Waals surface area contributed by atoms with Gasteiger partial charge < -0.3 is 9.13 Å². The highest BCUT2D eigenvalue weighted by molar-refractivity contribution is 7.27. The van der Waals surface area contributed by atoms with Gasteiger partial charge in [0.2, 0.25) is 11.4 Å². The molecule has 0 amide bonds. The third-order valence-electron chi connectivity index (χ3n) is 8.53. The van der Waals surface area contributed by atoms with Crippen LogP contribution in [0.15, 0.2) is 121 Å². The summed E-state index contributed by atoms with van der Waals surface area (Å²) in [7, 11) is 0. The van der Waals surface area contributed by atoms with Crippen LogP contribution in [0.5, 0.6) is 0 Å². The Morgan fingerprint density at radius 2 is 0.977 bits per heavy atom. The fourth-order valence-corrected chi connectivity index (χ4v) is 8.03. The maximum Gasteiger partial charge on any atom is 0.206 e. The summed E-state index contributed by atoms with van der Waals surface area (Å²) in [4.78, 5) is 7.79. The van der Waals surface area contributed by atoms with Crippen LogP contribution in [-0.2, 0) is 0 Å². The molecule has 198 valence electrons. The molecule has 0 N–H and O–H groups in total. The number of thiophene rings is 1. The van der Waals surface area contributed by atoms with Gasteiger partial charge in [0.25, 0.3) is 0 Å². The number of aromatic nitrogens is 2. The first-order valence-electron chi connectivity index (χ1n) is 14.0. The molecule has 0 atom stereocenters. The zero-order valence-electron chi connectivity index (χ0n) is 22.7. The van der Waals surface area contributed by atoms with E-state index in [-0.39, 0.29) is 0 Å². The Morgan fingerprint density at radius 3 is 1.63 bits per heavy atom. The average Bonchev–Trinajstić information content (AvgIpc) is 3.72. The minimum Gasteiger partial charge on any atom is -0.310 e. The molecule has 0 saturated carbocycles. The summed E-state index contributed by atoms with van der Waals surface area (Å²) in [5, 5.41) is 6.80. The molecule has 0 radical (unpaired) electrons. The van der Waals surface area contributed by atoms with Gasteiger partial charge >= 0.3 is 0 Å². The van der Waals surface area contributed by atoms with Crippen LogP contribution in [0, 0.1) is 13.1 Å². The SMILES string of the molecule is [C-]#[N+]c1cccc2c1sc1c([N+]#[C-])cc3c(c4ccccc4n3-c3cccc(-n4c5ccccc5c5ccccc54)c3)c12. The monoisotopic (exact) mass is 564 g/mol. The fraction of sp³-hybridized carbons (Fsp3) is 0. The van der Waals surface area contributed by atoms with Crippen LogP contribution in [0.4, 0.5) is 11.4 Å². The van der Waals surface area contributed by atoms with E-state index in [1.54, 1.807) is 11.3 Å². The van der Waals surface area contributed by atoms with Gasteiger partial charge in [0.05, 0.1) is 29.7 Å². The van der Waals surface area contributed by atoms with Crippen molar-refractivity contribution in [1.29, 1.82) is 0 Å². The second-order valence-electron chi connectivity index (χ2n) is 10.7. The molecule has 43 heavy (non-hydrogen) atoms. The van der Waals surface area contributed by atoms with Gasteiger partial charge in [-0.15, -0.1) is 0 Å². The highest BCUT2D eigenvalue weighted by Crippen LogP contribution is 2.49. The first-order valence-corrected chi connectivity index (χ1v) is 14.8. The molecule has 9 rings (SSSR count). The standard InChI is InChI=1S/C38H20N4S/c1-39-29-17-10-16-28-36-35-27-15-5-8-20-33(27)42(34(35)22-30(40-2)38(36)43-37(28)29)24-12-9-11-23(21-24)41-31-18-6-3-13-25(31)26-14-4-7-19-32(26)41/h3-22H. The van der Waals surface area contributed by atoms with Crippen molar-refractivity contribution in [3.8, 4) is 11.4 Å². The summed E-state index contributed by atoms with van der Waals surface area (Å²) in [6.45, 7) is 15.9. The smallest absolute Gasteiger partial charge is 0.206 e. The summed E-state index contributed by atoms with van der Waals surface area (Å²) >= 11 is 1.56. The van der Waals surface area contributed by atoms with Crippen molar-refractivity contribution < 1.29 is 0 Å². The van der Waals surface area contributed by atoms with Crippen LogP contribution in [0.2, 0.25) is 0 Å². The number of nitrogens with zero attached hydrogens (tertiary/aromatic N) is 4. The van der Waals surface area contributed by atoms with Crippen molar-refractivity contribution in [3.63, 3.8) is 0 Å². The number of hydrogen-bond acceptors (Lipinski definition) is 1. The number of hydrogen-bond donors (Lipinski definition) is 0. The van der Waals surface area contributed by atoms with E-state index in [1.807, 2.05) is 18.2 Å². The van der Waals surface area contributed by atoms with Gasteiger partial charge in [0.15, 0.2) is 0 Å². The van der Waals surface area contributed by atoms with E-state index in [1.165, 1.54) is 21.8 Å². The number of fused-ring (bicyclic) bond motifs is 10. The Morgan fingerprint density at radius 1 is 0.442 bits per heavy atom. The third-order valence-corrected chi connectivity index (χ3v) is 9.78. The maximum atomic E-state index is 8.12. The van der Waals surface area contributed by atoms with Crippen LogP contribution >= 0.6 is 11.3 Å². The number of benzene rings is 6. The van der Waals surface area contributed by atoms with Gasteiger partial charge in [0.1, 0.15) is 0 Å². The molecule has 0 aliphatic rings. The van der Waals surface area contributed by atoms with E-state index < -0.39 is 0 Å². The summed E-state index contributed by atoms with van der Waals surface area (Å²) in [6.07, 6.45) is 0.